The van der Waals surface area contributed by atoms with E-state index >= 15 is 0 Å². The first kappa shape index (κ1) is 23.5. The van der Waals surface area contributed by atoms with Crippen molar-refractivity contribution in [2.75, 3.05) is 11.9 Å². The SMILES string of the molecule is O=C(Cn1ccnc(NCC(F)(F)c2ncccc2O)c1=O)NCc1ccccc1-n1cncn1. The van der Waals surface area contributed by atoms with Crippen LogP contribution in [0.5, 0.6) is 5.75 Å². The summed E-state index contributed by atoms with van der Waals surface area (Å²) >= 11 is 0. The van der Waals surface area contributed by atoms with Gasteiger partial charge in [0.1, 0.15) is 24.9 Å². The molecule has 0 saturated carbocycles. The molecule has 0 spiro atoms. The number of amides is 1. The maximum absolute atomic E-state index is 14.4. The Morgan fingerprint density at radius 3 is 2.71 bits per heavy atom. The molecule has 1 amide bonds. The van der Waals surface area contributed by atoms with Gasteiger partial charge >= 0.3 is 5.92 Å². The minimum absolute atomic E-state index is 0.166. The molecular formula is C22H20F2N8O3. The van der Waals surface area contributed by atoms with Gasteiger partial charge in [0.15, 0.2) is 11.5 Å². The fourth-order valence-electron chi connectivity index (χ4n) is 3.27. The molecule has 0 saturated heterocycles. The normalized spacial score (nSPS) is 11.3. The van der Waals surface area contributed by atoms with Crippen LogP contribution in [0.15, 0.2) is 72.4 Å². The van der Waals surface area contributed by atoms with Gasteiger partial charge < -0.3 is 20.3 Å². The number of nitrogens with zero attached hydrogens (tertiary/aromatic N) is 6. The van der Waals surface area contributed by atoms with E-state index in [2.05, 4.69) is 30.7 Å². The minimum Gasteiger partial charge on any atom is -0.506 e. The second-order valence-electron chi connectivity index (χ2n) is 7.38. The predicted molar refractivity (Wildman–Crippen MR) is 120 cm³/mol. The molecule has 11 nitrogen and oxygen atoms in total. The Labute approximate surface area is 197 Å². The van der Waals surface area contributed by atoms with E-state index in [0.29, 0.717) is 0 Å². The topological polar surface area (TPSA) is 140 Å². The lowest BCUT2D eigenvalue weighted by molar-refractivity contribution is -0.121. The molecule has 0 aliphatic heterocycles. The van der Waals surface area contributed by atoms with Crippen LogP contribution >= 0.6 is 0 Å². The molecule has 180 valence electrons. The van der Waals surface area contributed by atoms with Crippen LogP contribution in [0.3, 0.4) is 0 Å². The summed E-state index contributed by atoms with van der Waals surface area (Å²) in [6, 6.07) is 9.68. The van der Waals surface area contributed by atoms with Crippen molar-refractivity contribution >= 4 is 11.7 Å². The zero-order chi connectivity index (χ0) is 24.8. The van der Waals surface area contributed by atoms with Crippen LogP contribution in [0.4, 0.5) is 14.6 Å². The summed E-state index contributed by atoms with van der Waals surface area (Å²) in [6.45, 7) is -1.21. The number of rotatable bonds is 9. The lowest BCUT2D eigenvalue weighted by Crippen LogP contribution is -2.34. The smallest absolute Gasteiger partial charge is 0.310 e. The van der Waals surface area contributed by atoms with Gasteiger partial charge in [-0.05, 0) is 23.8 Å². The molecule has 4 rings (SSSR count). The van der Waals surface area contributed by atoms with Gasteiger partial charge in [-0.15, -0.1) is 0 Å². The van der Waals surface area contributed by atoms with Gasteiger partial charge in [0.25, 0.3) is 5.56 Å². The second-order valence-corrected chi connectivity index (χ2v) is 7.38. The van der Waals surface area contributed by atoms with Crippen LogP contribution in [0.1, 0.15) is 11.3 Å². The van der Waals surface area contributed by atoms with Crippen molar-refractivity contribution in [3.63, 3.8) is 0 Å². The number of halogens is 2. The van der Waals surface area contributed by atoms with Gasteiger partial charge in [0.2, 0.25) is 5.91 Å². The molecule has 3 N–H and O–H groups in total. The Balaban J connectivity index is 1.40. The lowest BCUT2D eigenvalue weighted by atomic mass is 10.2. The molecule has 35 heavy (non-hydrogen) atoms. The van der Waals surface area contributed by atoms with Gasteiger partial charge in [-0.3, -0.25) is 14.6 Å². The van der Waals surface area contributed by atoms with Crippen LogP contribution in [-0.2, 0) is 23.8 Å². The number of alkyl halides is 2. The molecule has 13 heteroatoms. The van der Waals surface area contributed by atoms with Crippen molar-refractivity contribution in [1.82, 2.24) is 34.6 Å². The van der Waals surface area contributed by atoms with E-state index in [9.17, 15) is 23.5 Å². The number of carbonyl (C=O) groups excluding carboxylic acids is 1. The van der Waals surface area contributed by atoms with E-state index in [-0.39, 0.29) is 18.9 Å². The van der Waals surface area contributed by atoms with Gasteiger partial charge in [0, 0.05) is 25.1 Å². The maximum Gasteiger partial charge on any atom is 0.310 e. The number of anilines is 1. The summed E-state index contributed by atoms with van der Waals surface area (Å²) in [5, 5.41) is 18.7. The van der Waals surface area contributed by atoms with Crippen LogP contribution in [0.2, 0.25) is 0 Å². The third kappa shape index (κ3) is 5.46. The summed E-state index contributed by atoms with van der Waals surface area (Å²) < 4.78 is 31.5. The largest absolute Gasteiger partial charge is 0.506 e. The Kier molecular flexibility index (Phi) is 6.76. The number of hydrogen-bond donors (Lipinski definition) is 3. The molecule has 0 radical (unpaired) electrons. The number of hydrogen-bond acceptors (Lipinski definition) is 8. The molecule has 0 unspecified atom stereocenters. The highest BCUT2D eigenvalue weighted by atomic mass is 19.3. The van der Waals surface area contributed by atoms with Crippen molar-refractivity contribution in [2.45, 2.75) is 19.0 Å². The molecular weight excluding hydrogens is 462 g/mol. The zero-order valence-electron chi connectivity index (χ0n) is 18.2. The standard InChI is InChI=1S/C22H20F2N8O3/c23-22(24,19-17(33)6-3-7-26-19)12-29-20-21(35)31(9-8-27-20)11-18(34)28-10-15-4-1-2-5-16(15)32-14-25-13-30-32/h1-9,13-14,33H,10-12H2,(H,27,29)(H,28,34). The number of carbonyl (C=O) groups is 1. The Morgan fingerprint density at radius 2 is 1.94 bits per heavy atom. The summed E-state index contributed by atoms with van der Waals surface area (Å²) in [5.41, 5.74) is -0.0745. The second kappa shape index (κ2) is 10.1. The Bertz CT molecular complexity index is 1380. The first-order chi connectivity index (χ1) is 16.8. The van der Waals surface area contributed by atoms with Crippen LogP contribution < -0.4 is 16.2 Å². The number of aromatic nitrogens is 6. The zero-order valence-corrected chi connectivity index (χ0v) is 18.2. The van der Waals surface area contributed by atoms with E-state index in [1.807, 2.05) is 24.3 Å². The van der Waals surface area contributed by atoms with E-state index in [4.69, 9.17) is 0 Å². The summed E-state index contributed by atoms with van der Waals surface area (Å²) in [5.74, 6) is -5.08. The Morgan fingerprint density at radius 1 is 1.11 bits per heavy atom. The number of pyridine rings is 1. The Hall–Kier alpha value is -4.68. The highest BCUT2D eigenvalue weighted by Crippen LogP contribution is 2.32. The van der Waals surface area contributed by atoms with E-state index in [1.54, 1.807) is 4.68 Å². The molecule has 0 aliphatic rings. The number of aromatic hydroxyl groups is 1. The van der Waals surface area contributed by atoms with E-state index in [0.717, 1.165) is 28.1 Å². The van der Waals surface area contributed by atoms with Crippen molar-refractivity contribution in [3.8, 4) is 11.4 Å². The first-order valence-corrected chi connectivity index (χ1v) is 10.4. The van der Waals surface area contributed by atoms with Crippen LogP contribution in [0, 0.1) is 0 Å². The monoisotopic (exact) mass is 482 g/mol. The third-order valence-corrected chi connectivity index (χ3v) is 4.97. The molecule has 1 aromatic carbocycles. The average molecular weight is 482 g/mol. The molecule has 3 aromatic heterocycles. The molecule has 4 aromatic rings. The van der Waals surface area contributed by atoms with Gasteiger partial charge in [-0.1, -0.05) is 18.2 Å². The highest BCUT2D eigenvalue weighted by molar-refractivity contribution is 5.75. The van der Waals surface area contributed by atoms with Gasteiger partial charge in [0.05, 0.1) is 12.2 Å². The summed E-state index contributed by atoms with van der Waals surface area (Å²) in [6.07, 6.45) is 6.54. The number of benzene rings is 1. The molecule has 0 atom stereocenters. The highest BCUT2D eigenvalue weighted by Gasteiger charge is 2.36. The van der Waals surface area contributed by atoms with Crippen molar-refractivity contribution in [3.05, 3.63) is 89.3 Å². The third-order valence-electron chi connectivity index (χ3n) is 4.97. The molecule has 0 aliphatic carbocycles. The van der Waals surface area contributed by atoms with Gasteiger partial charge in [-0.2, -0.15) is 13.9 Å². The van der Waals surface area contributed by atoms with E-state index in [1.165, 1.54) is 31.1 Å². The van der Waals surface area contributed by atoms with Crippen molar-refractivity contribution in [1.29, 1.82) is 0 Å². The quantitative estimate of drug-likeness (QED) is 0.326. The maximum atomic E-state index is 14.4. The molecule has 0 bridgehead atoms. The fraction of sp³-hybridized carbons (Fsp3) is 0.182. The predicted octanol–water partition coefficient (Wildman–Crippen LogP) is 1.44. The van der Waals surface area contributed by atoms with Crippen LogP contribution in [0.25, 0.3) is 5.69 Å². The number of nitrogens with one attached hydrogen (secondary N) is 2. The van der Waals surface area contributed by atoms with Crippen molar-refractivity contribution in [2.24, 2.45) is 0 Å². The molecule has 0 fully saturated rings. The fourth-order valence-corrected chi connectivity index (χ4v) is 3.27. The van der Waals surface area contributed by atoms with E-state index < -0.39 is 35.4 Å². The summed E-state index contributed by atoms with van der Waals surface area (Å²) in [7, 11) is 0. The van der Waals surface area contributed by atoms with Crippen molar-refractivity contribution < 1.29 is 18.7 Å². The average Bonchev–Trinajstić information content (AvgIpc) is 3.38. The number of para-hydroxylation sites is 1. The summed E-state index contributed by atoms with van der Waals surface area (Å²) in [4.78, 5) is 36.3. The molecule has 3 heterocycles. The minimum atomic E-state index is -3.57. The van der Waals surface area contributed by atoms with Crippen LogP contribution in [-0.4, -0.2) is 46.9 Å². The van der Waals surface area contributed by atoms with Gasteiger partial charge in [-0.25, -0.2) is 14.6 Å². The lowest BCUT2D eigenvalue weighted by Gasteiger charge is -2.17. The first-order valence-electron chi connectivity index (χ1n) is 10.4.